The maximum Gasteiger partial charge on any atom is 0.251 e. The van der Waals surface area contributed by atoms with Gasteiger partial charge in [0, 0.05) is 24.6 Å². The molecule has 4 nitrogen and oxygen atoms in total. The molecule has 1 saturated carbocycles. The molecule has 1 heterocycles. The van der Waals surface area contributed by atoms with Crippen molar-refractivity contribution in [3.63, 3.8) is 0 Å². The molecule has 2 N–H and O–H groups in total. The van der Waals surface area contributed by atoms with E-state index < -0.39 is 0 Å². The number of nitrogens with one attached hydrogen (secondary N) is 2. The lowest BCUT2D eigenvalue weighted by molar-refractivity contribution is 0.0512. The number of piperidine rings is 1. The van der Waals surface area contributed by atoms with Crippen molar-refractivity contribution >= 4 is 5.91 Å². The molecule has 0 radical (unpaired) electrons. The molecular weight excluding hydrogens is 312 g/mol. The van der Waals surface area contributed by atoms with Crippen LogP contribution in [0.2, 0.25) is 0 Å². The van der Waals surface area contributed by atoms with E-state index in [0.29, 0.717) is 19.1 Å². The Bertz CT molecular complexity index is 538. The molecule has 1 amide bonds. The molecular formula is C21H32N2O2. The molecule has 0 unspecified atom stereocenters. The second-order valence-corrected chi connectivity index (χ2v) is 7.82. The highest BCUT2D eigenvalue weighted by Gasteiger charge is 2.32. The molecule has 0 bridgehead atoms. The van der Waals surface area contributed by atoms with Crippen LogP contribution in [0.4, 0.5) is 0 Å². The van der Waals surface area contributed by atoms with E-state index in [1.807, 2.05) is 12.1 Å². The summed E-state index contributed by atoms with van der Waals surface area (Å²) >= 11 is 0. The molecule has 3 rings (SSSR count). The maximum atomic E-state index is 12.6. The van der Waals surface area contributed by atoms with Crippen LogP contribution in [0.1, 0.15) is 66.8 Å². The molecule has 0 atom stereocenters. The highest BCUT2D eigenvalue weighted by molar-refractivity contribution is 5.94. The SMILES string of the molecule is COCC1(CNC(=O)c2ccc(C3CCCCC3)cc2)CCNCC1. The van der Waals surface area contributed by atoms with Gasteiger partial charge in [-0.1, -0.05) is 31.4 Å². The van der Waals surface area contributed by atoms with Crippen molar-refractivity contribution in [1.82, 2.24) is 10.6 Å². The van der Waals surface area contributed by atoms with Crippen LogP contribution in [0.25, 0.3) is 0 Å². The molecule has 1 aliphatic heterocycles. The number of carbonyl (C=O) groups is 1. The number of hydrogen-bond donors (Lipinski definition) is 2. The Hall–Kier alpha value is -1.39. The van der Waals surface area contributed by atoms with Crippen LogP contribution in [-0.2, 0) is 4.74 Å². The van der Waals surface area contributed by atoms with Crippen LogP contribution in [-0.4, -0.2) is 39.3 Å². The third-order valence-corrected chi connectivity index (χ3v) is 5.99. The fourth-order valence-corrected chi connectivity index (χ4v) is 4.35. The summed E-state index contributed by atoms with van der Waals surface area (Å²) < 4.78 is 5.43. The number of carbonyl (C=O) groups excluding carboxylic acids is 1. The highest BCUT2D eigenvalue weighted by Crippen LogP contribution is 2.32. The van der Waals surface area contributed by atoms with Gasteiger partial charge in [-0.3, -0.25) is 4.79 Å². The predicted molar refractivity (Wildman–Crippen MR) is 101 cm³/mol. The highest BCUT2D eigenvalue weighted by atomic mass is 16.5. The van der Waals surface area contributed by atoms with Crippen LogP contribution >= 0.6 is 0 Å². The molecule has 2 fully saturated rings. The molecule has 0 spiro atoms. The molecule has 1 saturated heterocycles. The summed E-state index contributed by atoms with van der Waals surface area (Å²) in [6.07, 6.45) is 8.71. The summed E-state index contributed by atoms with van der Waals surface area (Å²) in [5.74, 6) is 0.717. The smallest absolute Gasteiger partial charge is 0.251 e. The van der Waals surface area contributed by atoms with Gasteiger partial charge in [0.05, 0.1) is 6.61 Å². The summed E-state index contributed by atoms with van der Waals surface area (Å²) in [6.45, 7) is 3.38. The minimum Gasteiger partial charge on any atom is -0.384 e. The van der Waals surface area contributed by atoms with E-state index in [2.05, 4.69) is 22.8 Å². The van der Waals surface area contributed by atoms with Crippen molar-refractivity contribution in [3.05, 3.63) is 35.4 Å². The molecule has 1 aromatic rings. The Labute approximate surface area is 151 Å². The zero-order valence-corrected chi connectivity index (χ0v) is 15.5. The topological polar surface area (TPSA) is 50.4 Å². The van der Waals surface area contributed by atoms with Gasteiger partial charge in [0.2, 0.25) is 0 Å². The first-order valence-electron chi connectivity index (χ1n) is 9.80. The second kappa shape index (κ2) is 8.81. The van der Waals surface area contributed by atoms with Crippen LogP contribution in [0.3, 0.4) is 0 Å². The lowest BCUT2D eigenvalue weighted by Crippen LogP contribution is -2.47. The van der Waals surface area contributed by atoms with Crippen molar-refractivity contribution in [1.29, 1.82) is 0 Å². The molecule has 138 valence electrons. The Balaban J connectivity index is 1.57. The van der Waals surface area contributed by atoms with Gasteiger partial charge >= 0.3 is 0 Å². The zero-order chi connectivity index (χ0) is 17.5. The van der Waals surface area contributed by atoms with Crippen LogP contribution in [0, 0.1) is 5.41 Å². The van der Waals surface area contributed by atoms with Gasteiger partial charge in [0.15, 0.2) is 0 Å². The van der Waals surface area contributed by atoms with Crippen LogP contribution < -0.4 is 10.6 Å². The maximum absolute atomic E-state index is 12.6. The minimum absolute atomic E-state index is 0.0317. The summed E-state index contributed by atoms with van der Waals surface area (Å²) in [4.78, 5) is 12.6. The third kappa shape index (κ3) is 4.83. The fourth-order valence-electron chi connectivity index (χ4n) is 4.35. The van der Waals surface area contributed by atoms with Crippen molar-refractivity contribution in [2.75, 3.05) is 33.4 Å². The van der Waals surface area contributed by atoms with Crippen LogP contribution in [0.5, 0.6) is 0 Å². The normalized spacial score (nSPS) is 21.0. The Morgan fingerprint density at radius 3 is 2.48 bits per heavy atom. The standard InChI is InChI=1S/C21H32N2O2/c1-25-16-21(11-13-22-14-12-21)15-23-20(24)19-9-7-18(8-10-19)17-5-3-2-4-6-17/h7-10,17,22H,2-6,11-16H2,1H3,(H,23,24). The summed E-state index contributed by atoms with van der Waals surface area (Å²) in [6, 6.07) is 8.29. The Kier molecular flexibility index (Phi) is 6.49. The summed E-state index contributed by atoms with van der Waals surface area (Å²) in [5.41, 5.74) is 2.23. The van der Waals surface area contributed by atoms with E-state index in [1.165, 1.54) is 37.7 Å². The quantitative estimate of drug-likeness (QED) is 0.831. The van der Waals surface area contributed by atoms with E-state index in [1.54, 1.807) is 7.11 Å². The second-order valence-electron chi connectivity index (χ2n) is 7.82. The zero-order valence-electron chi connectivity index (χ0n) is 15.5. The predicted octanol–water partition coefficient (Wildman–Crippen LogP) is 3.48. The van der Waals surface area contributed by atoms with Gasteiger partial charge in [0.1, 0.15) is 0 Å². The lowest BCUT2D eigenvalue weighted by Gasteiger charge is -2.37. The average Bonchev–Trinajstić information content (AvgIpc) is 2.68. The third-order valence-electron chi connectivity index (χ3n) is 5.99. The lowest BCUT2D eigenvalue weighted by atomic mass is 9.79. The molecule has 0 aromatic heterocycles. The van der Waals surface area contributed by atoms with Gasteiger partial charge in [-0.25, -0.2) is 0 Å². The first kappa shape index (κ1) is 18.4. The Morgan fingerprint density at radius 1 is 1.16 bits per heavy atom. The van der Waals surface area contributed by atoms with E-state index in [9.17, 15) is 4.79 Å². The number of hydrogen-bond acceptors (Lipinski definition) is 3. The van der Waals surface area contributed by atoms with Crippen molar-refractivity contribution in [2.24, 2.45) is 5.41 Å². The fraction of sp³-hybridized carbons (Fsp3) is 0.667. The van der Waals surface area contributed by atoms with E-state index in [4.69, 9.17) is 4.74 Å². The number of amides is 1. The van der Waals surface area contributed by atoms with Crippen LogP contribution in [0.15, 0.2) is 24.3 Å². The molecule has 2 aliphatic rings. The Morgan fingerprint density at radius 2 is 1.84 bits per heavy atom. The number of methoxy groups -OCH3 is 1. The van der Waals surface area contributed by atoms with Crippen molar-refractivity contribution in [3.8, 4) is 0 Å². The van der Waals surface area contributed by atoms with Crippen molar-refractivity contribution in [2.45, 2.75) is 50.9 Å². The molecule has 1 aromatic carbocycles. The van der Waals surface area contributed by atoms with Gasteiger partial charge in [-0.2, -0.15) is 0 Å². The van der Waals surface area contributed by atoms with E-state index in [0.717, 1.165) is 31.5 Å². The summed E-state index contributed by atoms with van der Waals surface area (Å²) in [5, 5.41) is 6.53. The first-order valence-corrected chi connectivity index (χ1v) is 9.80. The number of benzene rings is 1. The summed E-state index contributed by atoms with van der Waals surface area (Å²) in [7, 11) is 1.75. The van der Waals surface area contributed by atoms with Gasteiger partial charge < -0.3 is 15.4 Å². The van der Waals surface area contributed by atoms with Gasteiger partial charge in [-0.15, -0.1) is 0 Å². The van der Waals surface area contributed by atoms with E-state index >= 15 is 0 Å². The van der Waals surface area contributed by atoms with Crippen molar-refractivity contribution < 1.29 is 9.53 Å². The number of ether oxygens (including phenoxy) is 1. The molecule has 25 heavy (non-hydrogen) atoms. The molecule has 1 aliphatic carbocycles. The van der Waals surface area contributed by atoms with Gasteiger partial charge in [0.25, 0.3) is 5.91 Å². The molecule has 4 heteroatoms. The van der Waals surface area contributed by atoms with Gasteiger partial charge in [-0.05, 0) is 62.4 Å². The largest absolute Gasteiger partial charge is 0.384 e. The average molecular weight is 344 g/mol. The number of rotatable bonds is 6. The first-order chi connectivity index (χ1) is 12.2. The van der Waals surface area contributed by atoms with E-state index in [-0.39, 0.29) is 11.3 Å². The minimum atomic E-state index is 0.0317. The monoisotopic (exact) mass is 344 g/mol.